The van der Waals surface area contributed by atoms with Crippen LogP contribution in [0, 0.1) is 0 Å². The maximum absolute atomic E-state index is 10.8. The summed E-state index contributed by atoms with van der Waals surface area (Å²) in [5.41, 5.74) is 1.40. The third-order valence-corrected chi connectivity index (χ3v) is 1.89. The van der Waals surface area contributed by atoms with Crippen molar-refractivity contribution in [1.82, 2.24) is 4.98 Å². The van der Waals surface area contributed by atoms with Crippen molar-refractivity contribution in [2.45, 2.75) is 6.42 Å². The van der Waals surface area contributed by atoms with Gasteiger partial charge in [0.15, 0.2) is 0 Å². The SMILES string of the molecule is O=C1Cc2nccc(Cl)c2N1. The van der Waals surface area contributed by atoms with Crippen molar-refractivity contribution in [1.29, 1.82) is 0 Å². The van der Waals surface area contributed by atoms with Crippen LogP contribution in [0.15, 0.2) is 12.3 Å². The van der Waals surface area contributed by atoms with Gasteiger partial charge in [-0.15, -0.1) is 0 Å². The van der Waals surface area contributed by atoms with Crippen LogP contribution < -0.4 is 5.32 Å². The topological polar surface area (TPSA) is 42.0 Å². The summed E-state index contributed by atoms with van der Waals surface area (Å²) < 4.78 is 0. The monoisotopic (exact) mass is 168 g/mol. The van der Waals surface area contributed by atoms with Crippen LogP contribution in [0.4, 0.5) is 5.69 Å². The van der Waals surface area contributed by atoms with Gasteiger partial charge in [0.1, 0.15) is 0 Å². The molecule has 1 aliphatic rings. The average molecular weight is 169 g/mol. The Balaban J connectivity index is 2.57. The van der Waals surface area contributed by atoms with Crippen LogP contribution >= 0.6 is 11.6 Å². The van der Waals surface area contributed by atoms with E-state index in [9.17, 15) is 4.79 Å². The van der Waals surface area contributed by atoms with Crippen molar-refractivity contribution in [3.05, 3.63) is 23.0 Å². The Hall–Kier alpha value is -1.09. The highest BCUT2D eigenvalue weighted by Crippen LogP contribution is 2.28. The molecule has 11 heavy (non-hydrogen) atoms. The Morgan fingerprint density at radius 2 is 2.45 bits per heavy atom. The highest BCUT2D eigenvalue weighted by Gasteiger charge is 2.20. The number of anilines is 1. The summed E-state index contributed by atoms with van der Waals surface area (Å²) in [6.07, 6.45) is 1.94. The number of amides is 1. The van der Waals surface area contributed by atoms with Gasteiger partial charge in [-0.3, -0.25) is 9.78 Å². The van der Waals surface area contributed by atoms with Gasteiger partial charge >= 0.3 is 0 Å². The van der Waals surface area contributed by atoms with Crippen molar-refractivity contribution >= 4 is 23.2 Å². The molecule has 1 N–H and O–H groups in total. The van der Waals surface area contributed by atoms with Gasteiger partial charge in [0.05, 0.1) is 22.8 Å². The molecule has 0 atom stereocenters. The van der Waals surface area contributed by atoms with Gasteiger partial charge in [-0.05, 0) is 6.07 Å². The second-order valence-electron chi connectivity index (χ2n) is 2.34. The second-order valence-corrected chi connectivity index (χ2v) is 2.75. The van der Waals surface area contributed by atoms with Crippen LogP contribution in [0.1, 0.15) is 5.69 Å². The van der Waals surface area contributed by atoms with E-state index in [2.05, 4.69) is 10.3 Å². The summed E-state index contributed by atoms with van der Waals surface area (Å²) in [5.74, 6) is -0.0411. The zero-order valence-electron chi connectivity index (χ0n) is 5.60. The number of nitrogens with one attached hydrogen (secondary N) is 1. The molecule has 4 heteroatoms. The van der Waals surface area contributed by atoms with Crippen molar-refractivity contribution in [2.24, 2.45) is 0 Å². The number of fused-ring (bicyclic) bond motifs is 1. The van der Waals surface area contributed by atoms with E-state index in [0.717, 1.165) is 5.69 Å². The third-order valence-electron chi connectivity index (χ3n) is 1.57. The number of rotatable bonds is 0. The first-order valence-electron chi connectivity index (χ1n) is 3.20. The molecule has 2 rings (SSSR count). The number of aromatic nitrogens is 1. The summed E-state index contributed by atoms with van der Waals surface area (Å²) >= 11 is 5.78. The van der Waals surface area contributed by atoms with E-state index in [1.54, 1.807) is 12.3 Å². The van der Waals surface area contributed by atoms with Gasteiger partial charge in [-0.25, -0.2) is 0 Å². The summed E-state index contributed by atoms with van der Waals surface area (Å²) in [6.45, 7) is 0. The number of carbonyl (C=O) groups is 1. The molecule has 0 spiro atoms. The van der Waals surface area contributed by atoms with Gasteiger partial charge in [0.25, 0.3) is 0 Å². The highest BCUT2D eigenvalue weighted by molar-refractivity contribution is 6.34. The lowest BCUT2D eigenvalue weighted by Gasteiger charge is -1.97. The minimum absolute atomic E-state index is 0.0411. The van der Waals surface area contributed by atoms with E-state index in [4.69, 9.17) is 11.6 Å². The first-order chi connectivity index (χ1) is 5.27. The molecule has 0 aromatic carbocycles. The molecule has 0 saturated heterocycles. The van der Waals surface area contributed by atoms with Crippen molar-refractivity contribution in [3.63, 3.8) is 0 Å². The number of pyridine rings is 1. The normalized spacial score (nSPS) is 14.5. The summed E-state index contributed by atoms with van der Waals surface area (Å²) in [6, 6.07) is 1.66. The number of halogens is 1. The predicted octanol–water partition coefficient (Wildman–Crippen LogP) is 1.23. The zero-order chi connectivity index (χ0) is 7.84. The fourth-order valence-electron chi connectivity index (χ4n) is 1.08. The first kappa shape index (κ1) is 6.61. The van der Waals surface area contributed by atoms with Crippen molar-refractivity contribution in [2.75, 3.05) is 5.32 Å². The van der Waals surface area contributed by atoms with Gasteiger partial charge in [0, 0.05) is 6.20 Å². The van der Waals surface area contributed by atoms with Crippen LogP contribution in [0.3, 0.4) is 0 Å². The van der Waals surface area contributed by atoms with Crippen LogP contribution in [-0.4, -0.2) is 10.9 Å². The molecular weight excluding hydrogens is 164 g/mol. The molecule has 1 aromatic heterocycles. The Bertz CT molecular complexity index is 324. The molecule has 56 valence electrons. The molecule has 0 saturated carbocycles. The number of nitrogens with zero attached hydrogens (tertiary/aromatic N) is 1. The van der Waals surface area contributed by atoms with Crippen LogP contribution in [0.25, 0.3) is 0 Å². The molecule has 2 heterocycles. The summed E-state index contributed by atoms with van der Waals surface area (Å²) in [5, 5.41) is 3.19. The molecular formula is C7H5ClN2O. The fraction of sp³-hybridized carbons (Fsp3) is 0.143. The molecule has 0 unspecified atom stereocenters. The molecule has 1 aliphatic heterocycles. The van der Waals surface area contributed by atoms with Gasteiger partial charge in [-0.2, -0.15) is 0 Å². The standard InChI is InChI=1S/C7H5ClN2O/c8-4-1-2-9-5-3-6(11)10-7(4)5/h1-2H,3H2,(H,10,11). The van der Waals surface area contributed by atoms with Crippen LogP contribution in [0.5, 0.6) is 0 Å². The van der Waals surface area contributed by atoms with E-state index in [0.29, 0.717) is 17.1 Å². The number of hydrogen-bond acceptors (Lipinski definition) is 2. The van der Waals surface area contributed by atoms with E-state index < -0.39 is 0 Å². The van der Waals surface area contributed by atoms with E-state index in [1.807, 2.05) is 0 Å². The zero-order valence-corrected chi connectivity index (χ0v) is 6.35. The van der Waals surface area contributed by atoms with E-state index in [1.165, 1.54) is 0 Å². The molecule has 1 amide bonds. The number of hydrogen-bond donors (Lipinski definition) is 1. The Morgan fingerprint density at radius 3 is 3.18 bits per heavy atom. The number of carbonyl (C=O) groups excluding carboxylic acids is 1. The lowest BCUT2D eigenvalue weighted by Crippen LogP contribution is -2.03. The maximum atomic E-state index is 10.8. The Morgan fingerprint density at radius 1 is 1.64 bits per heavy atom. The lowest BCUT2D eigenvalue weighted by molar-refractivity contribution is -0.115. The van der Waals surface area contributed by atoms with E-state index >= 15 is 0 Å². The minimum Gasteiger partial charge on any atom is -0.323 e. The first-order valence-corrected chi connectivity index (χ1v) is 3.58. The molecule has 0 aliphatic carbocycles. The second kappa shape index (κ2) is 2.20. The molecule has 0 fully saturated rings. The van der Waals surface area contributed by atoms with Gasteiger partial charge < -0.3 is 5.32 Å². The average Bonchev–Trinajstić information content (AvgIpc) is 2.31. The maximum Gasteiger partial charge on any atom is 0.230 e. The Labute approximate surface area is 68.4 Å². The lowest BCUT2D eigenvalue weighted by atomic mass is 10.3. The van der Waals surface area contributed by atoms with Crippen molar-refractivity contribution < 1.29 is 4.79 Å². The largest absolute Gasteiger partial charge is 0.323 e. The minimum atomic E-state index is -0.0411. The van der Waals surface area contributed by atoms with Crippen LogP contribution in [0.2, 0.25) is 5.02 Å². The molecule has 1 aromatic rings. The van der Waals surface area contributed by atoms with Crippen LogP contribution in [-0.2, 0) is 11.2 Å². The smallest absolute Gasteiger partial charge is 0.230 e. The molecule has 3 nitrogen and oxygen atoms in total. The summed E-state index contributed by atoms with van der Waals surface area (Å²) in [4.78, 5) is 14.8. The Kier molecular flexibility index (Phi) is 1.32. The van der Waals surface area contributed by atoms with Gasteiger partial charge in [0.2, 0.25) is 5.91 Å². The predicted molar refractivity (Wildman–Crippen MR) is 41.6 cm³/mol. The van der Waals surface area contributed by atoms with Gasteiger partial charge in [-0.1, -0.05) is 11.6 Å². The highest BCUT2D eigenvalue weighted by atomic mass is 35.5. The molecule has 0 radical (unpaired) electrons. The fourth-order valence-corrected chi connectivity index (χ4v) is 1.29. The quantitative estimate of drug-likeness (QED) is 0.633. The summed E-state index contributed by atoms with van der Waals surface area (Å²) in [7, 11) is 0. The van der Waals surface area contributed by atoms with Crippen molar-refractivity contribution in [3.8, 4) is 0 Å². The van der Waals surface area contributed by atoms with E-state index in [-0.39, 0.29) is 5.91 Å². The third kappa shape index (κ3) is 0.973. The molecule has 0 bridgehead atoms.